The van der Waals surface area contributed by atoms with E-state index in [1.165, 1.54) is 31.8 Å². The molecule has 2 N–H and O–H groups in total. The number of hydrogen-bond acceptors (Lipinski definition) is 7. The number of rotatable bonds is 6. The second kappa shape index (κ2) is 10.2. The molecule has 0 aliphatic heterocycles. The topological polar surface area (TPSA) is 118 Å². The predicted molar refractivity (Wildman–Crippen MR) is 163 cm³/mol. The molecule has 3 heterocycles. The molecule has 0 aliphatic carbocycles. The average Bonchev–Trinajstić information content (AvgIpc) is 3.28. The standard InChI is InChI=1S/C31H28FN6O3P/c1-18-8-5-6-11-25(18)38-23(13-20-10-7-9-19(2)26(20)31(38)39)16-37-30-27(29(33)34-17-35-30)28(36-37)21-12-22(32)15-24(14-21)41-42(3,4)40/h5-15,17H,16H2,1-4H3,(H2,33,34,35). The molecule has 6 rings (SSSR count). The highest BCUT2D eigenvalue weighted by atomic mass is 31.2. The zero-order chi connectivity index (χ0) is 29.8. The van der Waals surface area contributed by atoms with E-state index in [0.29, 0.717) is 33.4 Å². The van der Waals surface area contributed by atoms with Crippen LogP contribution in [0.1, 0.15) is 16.8 Å². The van der Waals surface area contributed by atoms with Gasteiger partial charge in [0.1, 0.15) is 29.4 Å². The molecule has 42 heavy (non-hydrogen) atoms. The van der Waals surface area contributed by atoms with Crippen LogP contribution in [0, 0.1) is 19.7 Å². The van der Waals surface area contributed by atoms with Gasteiger partial charge in [-0.15, -0.1) is 0 Å². The van der Waals surface area contributed by atoms with E-state index in [9.17, 15) is 13.8 Å². The number of hydrogen-bond donors (Lipinski definition) is 1. The molecule has 0 radical (unpaired) electrons. The minimum absolute atomic E-state index is 0.106. The molecule has 0 unspecified atom stereocenters. The van der Waals surface area contributed by atoms with Gasteiger partial charge in [0.05, 0.1) is 23.0 Å². The number of nitrogen functional groups attached to an aromatic ring is 1. The smallest absolute Gasteiger partial charge is 0.263 e. The highest BCUT2D eigenvalue weighted by Gasteiger charge is 2.22. The molecule has 3 aromatic heterocycles. The van der Waals surface area contributed by atoms with Gasteiger partial charge in [0.2, 0.25) is 7.37 Å². The van der Waals surface area contributed by atoms with Crippen molar-refractivity contribution < 1.29 is 13.5 Å². The fourth-order valence-corrected chi connectivity index (χ4v) is 5.90. The van der Waals surface area contributed by atoms with Crippen LogP contribution in [-0.2, 0) is 11.1 Å². The maximum absolute atomic E-state index is 14.7. The number of aromatic nitrogens is 5. The quantitative estimate of drug-likeness (QED) is 0.236. The van der Waals surface area contributed by atoms with Gasteiger partial charge in [0, 0.05) is 30.7 Å². The molecular formula is C31H28FN6O3P. The maximum Gasteiger partial charge on any atom is 0.263 e. The van der Waals surface area contributed by atoms with Gasteiger partial charge in [-0.2, -0.15) is 5.10 Å². The summed E-state index contributed by atoms with van der Waals surface area (Å²) in [5, 5.41) is 6.67. The number of aryl methyl sites for hydroxylation is 2. The molecule has 0 saturated heterocycles. The Hall–Kier alpha value is -4.82. The number of halogens is 1. The Morgan fingerprint density at radius 3 is 2.48 bits per heavy atom. The summed E-state index contributed by atoms with van der Waals surface area (Å²) in [4.78, 5) is 22.7. The molecule has 0 amide bonds. The molecule has 0 bridgehead atoms. The van der Waals surface area contributed by atoms with E-state index in [4.69, 9.17) is 15.4 Å². The van der Waals surface area contributed by atoms with Gasteiger partial charge in [0.25, 0.3) is 5.56 Å². The largest absolute Gasteiger partial charge is 0.443 e. The molecule has 11 heteroatoms. The van der Waals surface area contributed by atoms with E-state index in [0.717, 1.165) is 22.2 Å². The zero-order valence-corrected chi connectivity index (χ0v) is 24.4. The molecule has 0 atom stereocenters. The first-order chi connectivity index (χ1) is 20.0. The minimum Gasteiger partial charge on any atom is -0.443 e. The lowest BCUT2D eigenvalue weighted by Gasteiger charge is -2.17. The Morgan fingerprint density at radius 1 is 0.952 bits per heavy atom. The highest BCUT2D eigenvalue weighted by Crippen LogP contribution is 2.41. The second-order valence-electron chi connectivity index (χ2n) is 10.6. The summed E-state index contributed by atoms with van der Waals surface area (Å²) in [5.41, 5.74) is 10.5. The number of nitrogens with two attached hydrogens (primary N) is 1. The van der Waals surface area contributed by atoms with Gasteiger partial charge in [0.15, 0.2) is 5.65 Å². The molecular weight excluding hydrogens is 554 g/mol. The van der Waals surface area contributed by atoms with Crippen LogP contribution in [0.3, 0.4) is 0 Å². The zero-order valence-electron chi connectivity index (χ0n) is 23.5. The van der Waals surface area contributed by atoms with Crippen LogP contribution in [0.2, 0.25) is 0 Å². The van der Waals surface area contributed by atoms with Crippen molar-refractivity contribution in [1.82, 2.24) is 24.3 Å². The van der Waals surface area contributed by atoms with Crippen molar-refractivity contribution in [2.75, 3.05) is 19.1 Å². The molecule has 212 valence electrons. The minimum atomic E-state index is -2.96. The van der Waals surface area contributed by atoms with Gasteiger partial charge in [-0.1, -0.05) is 36.4 Å². The summed E-state index contributed by atoms with van der Waals surface area (Å²) in [6.45, 7) is 6.93. The van der Waals surface area contributed by atoms with Crippen LogP contribution in [0.15, 0.2) is 77.9 Å². The Bertz CT molecular complexity index is 2130. The summed E-state index contributed by atoms with van der Waals surface area (Å²) in [6, 6.07) is 19.4. The maximum atomic E-state index is 14.7. The fraction of sp³-hybridized carbons (Fsp3) is 0.161. The summed E-state index contributed by atoms with van der Waals surface area (Å²) in [5.74, 6) is -0.322. The molecule has 0 spiro atoms. The molecule has 3 aromatic carbocycles. The van der Waals surface area contributed by atoms with Gasteiger partial charge < -0.3 is 10.3 Å². The number of nitrogens with zero attached hydrogens (tertiary/aromatic N) is 5. The van der Waals surface area contributed by atoms with Crippen LogP contribution in [0.5, 0.6) is 5.75 Å². The second-order valence-corrected chi connectivity index (χ2v) is 13.3. The first-order valence-electron chi connectivity index (χ1n) is 13.2. The normalized spacial score (nSPS) is 11.8. The molecule has 9 nitrogen and oxygen atoms in total. The van der Waals surface area contributed by atoms with E-state index in [1.54, 1.807) is 15.3 Å². The van der Waals surface area contributed by atoms with Crippen LogP contribution in [0.25, 0.3) is 38.8 Å². The molecule has 0 saturated carbocycles. The number of pyridine rings is 1. The van der Waals surface area contributed by atoms with Crippen molar-refractivity contribution in [3.63, 3.8) is 0 Å². The van der Waals surface area contributed by atoms with Crippen molar-refractivity contribution in [2.24, 2.45) is 0 Å². The van der Waals surface area contributed by atoms with Crippen LogP contribution in [-0.4, -0.2) is 37.6 Å². The lowest BCUT2D eigenvalue weighted by molar-refractivity contribution is 0.491. The molecule has 0 aliphatic rings. The van der Waals surface area contributed by atoms with E-state index >= 15 is 0 Å². The lowest BCUT2D eigenvalue weighted by Crippen LogP contribution is -2.25. The molecule has 0 fully saturated rings. The number of para-hydroxylation sites is 1. The Kier molecular flexibility index (Phi) is 6.66. The first-order valence-corrected chi connectivity index (χ1v) is 15.7. The van der Waals surface area contributed by atoms with Crippen LogP contribution < -0.4 is 15.8 Å². The Labute approximate surface area is 240 Å². The third-order valence-corrected chi connectivity index (χ3v) is 7.68. The fourth-order valence-electron chi connectivity index (χ4n) is 5.29. The number of benzene rings is 3. The van der Waals surface area contributed by atoms with Crippen molar-refractivity contribution in [3.05, 3.63) is 106 Å². The summed E-state index contributed by atoms with van der Waals surface area (Å²) >= 11 is 0. The van der Waals surface area contributed by atoms with Crippen LogP contribution >= 0.6 is 7.37 Å². The summed E-state index contributed by atoms with van der Waals surface area (Å²) in [6.07, 6.45) is 1.34. The number of anilines is 1. The monoisotopic (exact) mass is 582 g/mol. The van der Waals surface area contributed by atoms with Gasteiger partial charge >= 0.3 is 0 Å². The van der Waals surface area contributed by atoms with E-state index in [-0.39, 0.29) is 23.7 Å². The van der Waals surface area contributed by atoms with Crippen LogP contribution in [0.4, 0.5) is 10.2 Å². The van der Waals surface area contributed by atoms with Gasteiger partial charge in [-0.3, -0.25) is 13.9 Å². The Morgan fingerprint density at radius 2 is 1.71 bits per heavy atom. The lowest BCUT2D eigenvalue weighted by atomic mass is 10.1. The summed E-state index contributed by atoms with van der Waals surface area (Å²) in [7, 11) is -2.96. The average molecular weight is 583 g/mol. The number of fused-ring (bicyclic) bond motifs is 2. The van der Waals surface area contributed by atoms with Crippen molar-refractivity contribution >= 4 is 35.0 Å². The van der Waals surface area contributed by atoms with Gasteiger partial charge in [-0.25, -0.2) is 19.0 Å². The van der Waals surface area contributed by atoms with Crippen molar-refractivity contribution in [3.8, 4) is 22.7 Å². The Balaban J connectivity index is 1.59. The molecule has 6 aromatic rings. The summed E-state index contributed by atoms with van der Waals surface area (Å²) < 4.78 is 35.9. The van der Waals surface area contributed by atoms with E-state index < -0.39 is 13.2 Å². The van der Waals surface area contributed by atoms with Gasteiger partial charge in [-0.05, 0) is 54.6 Å². The predicted octanol–water partition coefficient (Wildman–Crippen LogP) is 6.10. The first kappa shape index (κ1) is 27.4. The van der Waals surface area contributed by atoms with E-state index in [1.807, 2.05) is 62.4 Å². The van der Waals surface area contributed by atoms with Crippen molar-refractivity contribution in [1.29, 1.82) is 0 Å². The van der Waals surface area contributed by atoms with E-state index in [2.05, 4.69) is 9.97 Å². The van der Waals surface area contributed by atoms with Crippen molar-refractivity contribution in [2.45, 2.75) is 20.4 Å². The highest BCUT2D eigenvalue weighted by molar-refractivity contribution is 7.57. The third kappa shape index (κ3) is 4.94. The third-order valence-electron chi connectivity index (χ3n) is 7.03. The SMILES string of the molecule is Cc1ccccc1-n1c(Cn2nc(-c3cc(F)cc(OP(C)(C)=O)c3)c3c(N)ncnc32)cc2cccc(C)c2c1=O.